The van der Waals surface area contributed by atoms with Crippen LogP contribution in [0, 0.1) is 3.83 Å². The number of fused-ring (bicyclic) bond motifs is 3. The smallest absolute Gasteiger partial charge is 0.359 e. The van der Waals surface area contributed by atoms with Gasteiger partial charge in [0, 0.05) is 41.4 Å². The zero-order valence-corrected chi connectivity index (χ0v) is 15.1. The van der Waals surface area contributed by atoms with Crippen molar-refractivity contribution in [3.8, 4) is 11.4 Å². The molecule has 0 saturated heterocycles. The minimum absolute atomic E-state index is 0.227. The van der Waals surface area contributed by atoms with Crippen LogP contribution in [-0.4, -0.2) is 32.3 Å². The quantitative estimate of drug-likeness (QED) is 0.431. The summed E-state index contributed by atoms with van der Waals surface area (Å²) >= 11 is 2.10. The van der Waals surface area contributed by atoms with Crippen LogP contribution in [0.15, 0.2) is 6.20 Å². The Bertz CT molecular complexity index is 767. The van der Waals surface area contributed by atoms with Crippen molar-refractivity contribution in [1.82, 2.24) is 19.7 Å². The second-order valence-electron chi connectivity index (χ2n) is 5.99. The Hall–Kier alpha value is -1.51. The topological polar surface area (TPSA) is 69.9 Å². The van der Waals surface area contributed by atoms with Crippen LogP contribution in [-0.2, 0) is 23.6 Å². The van der Waals surface area contributed by atoms with Gasteiger partial charge in [0.2, 0.25) is 0 Å². The summed E-state index contributed by atoms with van der Waals surface area (Å²) in [5.41, 5.74) is 3.90. The maximum atomic E-state index is 12.3. The molecule has 1 aliphatic rings. The summed E-state index contributed by atoms with van der Waals surface area (Å²) in [7, 11) is 1.84. The Kier molecular flexibility index (Phi) is 3.70. The number of rotatable bonds is 2. The van der Waals surface area contributed by atoms with Gasteiger partial charge in [-0.1, -0.05) is 13.8 Å². The number of carbonyl (C=O) groups excluding carboxylic acids is 1. The normalized spacial score (nSPS) is 15.1. The molecule has 0 atom stereocenters. The van der Waals surface area contributed by atoms with Crippen LogP contribution in [0.3, 0.4) is 0 Å². The average molecular weight is 412 g/mol. The molecule has 2 aromatic heterocycles. The van der Waals surface area contributed by atoms with Crippen LogP contribution in [0.2, 0.25) is 0 Å². The van der Waals surface area contributed by atoms with Gasteiger partial charge in [0.25, 0.3) is 0 Å². The van der Waals surface area contributed by atoms with Crippen molar-refractivity contribution in [2.24, 2.45) is 7.05 Å². The van der Waals surface area contributed by atoms with E-state index in [2.05, 4.69) is 51.5 Å². The highest BCUT2D eigenvalue weighted by molar-refractivity contribution is 14.1. The summed E-state index contributed by atoms with van der Waals surface area (Å²) < 4.78 is 7.57. The van der Waals surface area contributed by atoms with E-state index >= 15 is 0 Å². The van der Waals surface area contributed by atoms with Crippen LogP contribution in [0.1, 0.15) is 42.4 Å². The highest BCUT2D eigenvalue weighted by atomic mass is 127. The zero-order valence-electron chi connectivity index (χ0n) is 13.0. The molecule has 6 nitrogen and oxygen atoms in total. The van der Waals surface area contributed by atoms with Gasteiger partial charge in [0.05, 0.1) is 18.0 Å². The number of aromatic nitrogens is 4. The van der Waals surface area contributed by atoms with Crippen molar-refractivity contribution in [3.05, 3.63) is 26.8 Å². The Morgan fingerprint density at radius 3 is 2.91 bits per heavy atom. The number of carbonyl (C=O) groups is 1. The molecular formula is C15H17IN4O2. The lowest BCUT2D eigenvalue weighted by molar-refractivity contribution is 0.0515. The molecule has 116 valence electrons. The van der Waals surface area contributed by atoms with E-state index in [0.717, 1.165) is 28.9 Å². The molecule has 0 unspecified atom stereocenters. The second-order valence-corrected chi connectivity index (χ2v) is 6.95. The summed E-state index contributed by atoms with van der Waals surface area (Å²) in [6.07, 6.45) is 2.64. The van der Waals surface area contributed by atoms with Gasteiger partial charge in [-0.25, -0.2) is 14.8 Å². The van der Waals surface area contributed by atoms with E-state index < -0.39 is 0 Å². The van der Waals surface area contributed by atoms with Crippen LogP contribution >= 0.6 is 22.6 Å². The molecule has 0 amide bonds. The highest BCUT2D eigenvalue weighted by Gasteiger charge is 2.40. The minimum Gasteiger partial charge on any atom is -0.461 e. The summed E-state index contributed by atoms with van der Waals surface area (Å²) in [5.74, 6) is -0.375. The van der Waals surface area contributed by atoms with E-state index in [-0.39, 0.29) is 11.4 Å². The third-order valence-electron chi connectivity index (χ3n) is 3.88. The van der Waals surface area contributed by atoms with Crippen molar-refractivity contribution in [2.75, 3.05) is 6.61 Å². The number of nitrogens with zero attached hydrogens (tertiary/aromatic N) is 4. The molecule has 22 heavy (non-hydrogen) atoms. The Morgan fingerprint density at radius 2 is 2.23 bits per heavy atom. The number of halogens is 1. The van der Waals surface area contributed by atoms with Crippen molar-refractivity contribution in [2.45, 2.75) is 32.6 Å². The molecule has 0 saturated carbocycles. The fourth-order valence-corrected chi connectivity index (χ4v) is 3.44. The zero-order chi connectivity index (χ0) is 16.1. The van der Waals surface area contributed by atoms with Crippen molar-refractivity contribution < 1.29 is 9.53 Å². The third-order valence-corrected chi connectivity index (χ3v) is 4.40. The van der Waals surface area contributed by atoms with Gasteiger partial charge in [0.15, 0.2) is 9.53 Å². The van der Waals surface area contributed by atoms with Crippen LogP contribution < -0.4 is 0 Å². The first-order chi connectivity index (χ1) is 10.3. The van der Waals surface area contributed by atoms with Gasteiger partial charge in [0.1, 0.15) is 0 Å². The van der Waals surface area contributed by atoms with Crippen molar-refractivity contribution in [1.29, 1.82) is 0 Å². The monoisotopic (exact) mass is 412 g/mol. The summed E-state index contributed by atoms with van der Waals surface area (Å²) in [5, 5.41) is 4.41. The molecule has 0 aliphatic heterocycles. The second kappa shape index (κ2) is 5.29. The molecule has 0 bridgehead atoms. The number of hydrogen-bond donors (Lipinski definition) is 0. The van der Waals surface area contributed by atoms with Crippen LogP contribution in [0.4, 0.5) is 0 Å². The molecule has 7 heteroatoms. The fraction of sp³-hybridized carbons (Fsp3) is 0.467. The Labute approximate surface area is 142 Å². The fourth-order valence-electron chi connectivity index (χ4n) is 3.06. The number of hydrogen-bond acceptors (Lipinski definition) is 5. The van der Waals surface area contributed by atoms with E-state index in [0.29, 0.717) is 16.1 Å². The van der Waals surface area contributed by atoms with Gasteiger partial charge in [-0.3, -0.25) is 4.68 Å². The molecule has 2 heterocycles. The summed E-state index contributed by atoms with van der Waals surface area (Å²) in [4.78, 5) is 21.1. The largest absolute Gasteiger partial charge is 0.461 e. The van der Waals surface area contributed by atoms with Gasteiger partial charge in [-0.15, -0.1) is 0 Å². The van der Waals surface area contributed by atoms with Crippen molar-refractivity contribution >= 4 is 28.6 Å². The van der Waals surface area contributed by atoms with Gasteiger partial charge >= 0.3 is 5.97 Å². The molecular weight excluding hydrogens is 395 g/mol. The predicted octanol–water partition coefficient (Wildman–Crippen LogP) is 2.49. The van der Waals surface area contributed by atoms with Crippen LogP contribution in [0.25, 0.3) is 11.4 Å². The molecule has 1 aliphatic carbocycles. The van der Waals surface area contributed by atoms with E-state index in [1.54, 1.807) is 11.6 Å². The summed E-state index contributed by atoms with van der Waals surface area (Å²) in [6, 6.07) is 0. The molecule has 0 spiro atoms. The summed E-state index contributed by atoms with van der Waals surface area (Å²) in [6.45, 7) is 6.35. The first-order valence-corrected chi connectivity index (χ1v) is 8.19. The maximum Gasteiger partial charge on any atom is 0.359 e. The van der Waals surface area contributed by atoms with E-state index in [1.165, 1.54) is 0 Å². The highest BCUT2D eigenvalue weighted by Crippen LogP contribution is 2.43. The predicted molar refractivity (Wildman–Crippen MR) is 89.6 cm³/mol. The molecule has 3 rings (SSSR count). The van der Waals surface area contributed by atoms with Crippen molar-refractivity contribution in [3.63, 3.8) is 0 Å². The van der Waals surface area contributed by atoms with Gasteiger partial charge in [-0.2, -0.15) is 5.10 Å². The lowest BCUT2D eigenvalue weighted by Gasteiger charge is -2.31. The van der Waals surface area contributed by atoms with E-state index in [4.69, 9.17) is 4.74 Å². The maximum absolute atomic E-state index is 12.3. The van der Waals surface area contributed by atoms with E-state index in [1.807, 2.05) is 13.2 Å². The lowest BCUT2D eigenvalue weighted by Crippen LogP contribution is -2.28. The molecule has 0 N–H and O–H groups in total. The molecule has 0 aromatic carbocycles. The van der Waals surface area contributed by atoms with E-state index in [9.17, 15) is 4.79 Å². The first kappa shape index (κ1) is 15.4. The first-order valence-electron chi connectivity index (χ1n) is 7.11. The molecule has 2 aromatic rings. The molecule has 0 fully saturated rings. The Balaban J connectivity index is 2.28. The minimum atomic E-state index is -0.375. The van der Waals surface area contributed by atoms with Crippen LogP contribution in [0.5, 0.6) is 0 Å². The number of ether oxygens (including phenoxy) is 1. The Morgan fingerprint density at radius 1 is 1.50 bits per heavy atom. The average Bonchev–Trinajstić information content (AvgIpc) is 2.79. The number of esters is 1. The lowest BCUT2D eigenvalue weighted by atomic mass is 9.73. The number of aryl methyl sites for hydroxylation is 1. The standard InChI is InChI=1S/C15H17IN4O2/c1-5-22-13(21)11-9-12(20(4)19-11)10-8(6-15(9,2)3)7-17-14(16)18-10/h7H,5-6H2,1-4H3. The third kappa shape index (κ3) is 2.31. The SMILES string of the molecule is CCOC(=O)c1nn(C)c2c1C(C)(C)Cc1cnc(I)nc1-2. The van der Waals surface area contributed by atoms with Gasteiger partial charge < -0.3 is 4.74 Å². The molecule has 0 radical (unpaired) electrons. The van der Waals surface area contributed by atoms with Gasteiger partial charge in [-0.05, 0) is 24.3 Å².